The number of carbonyl (C=O) groups is 1. The van der Waals surface area contributed by atoms with Gasteiger partial charge in [-0.1, -0.05) is 69.3 Å². The third-order valence-corrected chi connectivity index (χ3v) is 7.48. The average Bonchev–Trinajstić information content (AvgIpc) is 3.24. The monoisotopic (exact) mass is 506 g/mol. The number of carbonyl (C=O) groups excluding carboxylic acids is 1. The van der Waals surface area contributed by atoms with Gasteiger partial charge in [-0.05, 0) is 47.6 Å². The summed E-state index contributed by atoms with van der Waals surface area (Å²) in [5, 5.41) is 8.70. The molecule has 2 aromatic carbocycles. The SMILES string of the molecule is CCCCOc1ccc(C2C3=C(CC(C)(C)CC3=O)Nc3nc(SCc4ccccc4F)nn32)cc1. The van der Waals surface area contributed by atoms with Crippen LogP contribution in [-0.2, 0) is 10.5 Å². The zero-order valence-electron chi connectivity index (χ0n) is 20.9. The normalized spacial score (nSPS) is 18.4. The Morgan fingerprint density at radius 1 is 1.17 bits per heavy atom. The van der Waals surface area contributed by atoms with Gasteiger partial charge >= 0.3 is 0 Å². The lowest BCUT2D eigenvalue weighted by Gasteiger charge is -2.38. The van der Waals surface area contributed by atoms with Crippen molar-refractivity contribution in [2.24, 2.45) is 5.41 Å². The Labute approximate surface area is 215 Å². The molecule has 1 aliphatic carbocycles. The number of thioether (sulfide) groups is 1. The molecule has 1 atom stereocenters. The predicted molar refractivity (Wildman–Crippen MR) is 140 cm³/mol. The van der Waals surface area contributed by atoms with Gasteiger partial charge in [0.1, 0.15) is 17.6 Å². The highest BCUT2D eigenvalue weighted by Gasteiger charge is 2.41. The lowest BCUT2D eigenvalue weighted by molar-refractivity contribution is -0.118. The molecule has 188 valence electrons. The van der Waals surface area contributed by atoms with Crippen molar-refractivity contribution in [2.45, 2.75) is 63.4 Å². The van der Waals surface area contributed by atoms with E-state index in [1.54, 1.807) is 16.8 Å². The van der Waals surface area contributed by atoms with Crippen LogP contribution in [0.3, 0.4) is 0 Å². The van der Waals surface area contributed by atoms with Gasteiger partial charge in [0.2, 0.25) is 11.1 Å². The molecule has 0 saturated carbocycles. The van der Waals surface area contributed by atoms with Crippen LogP contribution in [0.25, 0.3) is 0 Å². The minimum absolute atomic E-state index is 0.128. The van der Waals surface area contributed by atoms with E-state index in [2.05, 4.69) is 26.1 Å². The van der Waals surface area contributed by atoms with Crippen molar-refractivity contribution in [1.82, 2.24) is 14.8 Å². The van der Waals surface area contributed by atoms with Crippen LogP contribution in [0.5, 0.6) is 5.75 Å². The van der Waals surface area contributed by atoms with E-state index in [-0.39, 0.29) is 23.1 Å². The summed E-state index contributed by atoms with van der Waals surface area (Å²) in [5.74, 6) is 1.72. The largest absolute Gasteiger partial charge is 0.494 e. The molecule has 8 heteroatoms. The fourth-order valence-corrected chi connectivity index (χ4v) is 5.61. The summed E-state index contributed by atoms with van der Waals surface area (Å²) in [6, 6.07) is 14.3. The Morgan fingerprint density at radius 2 is 1.94 bits per heavy atom. The Hall–Kier alpha value is -3.13. The zero-order chi connectivity index (χ0) is 25.3. The summed E-state index contributed by atoms with van der Waals surface area (Å²) >= 11 is 1.38. The third kappa shape index (κ3) is 5.05. The van der Waals surface area contributed by atoms with Crippen molar-refractivity contribution in [2.75, 3.05) is 11.9 Å². The summed E-state index contributed by atoms with van der Waals surface area (Å²) in [5.41, 5.74) is 3.09. The molecule has 0 bridgehead atoms. The maximum Gasteiger partial charge on any atom is 0.227 e. The maximum atomic E-state index is 14.1. The lowest BCUT2D eigenvalue weighted by Crippen LogP contribution is -2.36. The first-order chi connectivity index (χ1) is 17.3. The van der Waals surface area contributed by atoms with E-state index < -0.39 is 0 Å². The number of nitrogens with one attached hydrogen (secondary N) is 1. The quantitative estimate of drug-likeness (QED) is 0.276. The van der Waals surface area contributed by atoms with E-state index in [0.717, 1.165) is 41.8 Å². The van der Waals surface area contributed by atoms with E-state index in [1.807, 2.05) is 30.3 Å². The summed E-state index contributed by atoms with van der Waals surface area (Å²) in [6.07, 6.45) is 3.33. The van der Waals surface area contributed by atoms with Gasteiger partial charge in [-0.3, -0.25) is 4.79 Å². The molecule has 3 aromatic rings. The zero-order valence-corrected chi connectivity index (χ0v) is 21.7. The van der Waals surface area contributed by atoms with E-state index in [9.17, 15) is 9.18 Å². The number of nitrogens with zero attached hydrogens (tertiary/aromatic N) is 3. The molecule has 2 heterocycles. The average molecular weight is 507 g/mol. The molecule has 0 radical (unpaired) electrons. The van der Waals surface area contributed by atoms with Gasteiger partial charge in [-0.2, -0.15) is 4.98 Å². The van der Waals surface area contributed by atoms with E-state index in [0.29, 0.717) is 35.4 Å². The maximum absolute atomic E-state index is 14.1. The Balaban J connectivity index is 1.47. The second-order valence-corrected chi connectivity index (χ2v) is 11.1. The molecule has 0 fully saturated rings. The number of unbranched alkanes of at least 4 members (excludes halogenated alkanes) is 1. The highest BCUT2D eigenvalue weighted by Crippen LogP contribution is 2.45. The number of anilines is 1. The van der Waals surface area contributed by atoms with Gasteiger partial charge in [0.15, 0.2) is 5.78 Å². The second-order valence-electron chi connectivity index (χ2n) is 10.2. The van der Waals surface area contributed by atoms with Crippen LogP contribution in [0.4, 0.5) is 10.3 Å². The molecule has 0 spiro atoms. The molecule has 0 saturated heterocycles. The van der Waals surface area contributed by atoms with Crippen LogP contribution in [0, 0.1) is 11.2 Å². The first-order valence-electron chi connectivity index (χ1n) is 12.4. The van der Waals surface area contributed by atoms with Gasteiger partial charge in [0, 0.05) is 23.4 Å². The summed E-state index contributed by atoms with van der Waals surface area (Å²) in [4.78, 5) is 18.1. The van der Waals surface area contributed by atoms with Crippen LogP contribution in [0.1, 0.15) is 63.6 Å². The lowest BCUT2D eigenvalue weighted by atomic mass is 9.73. The van der Waals surface area contributed by atoms with Gasteiger partial charge in [-0.15, -0.1) is 5.10 Å². The van der Waals surface area contributed by atoms with Crippen LogP contribution in [0.2, 0.25) is 0 Å². The Kier molecular flexibility index (Phi) is 6.88. The number of Topliss-reactive ketones (excluding diaryl/α,β-unsaturated/α-hetero) is 1. The van der Waals surface area contributed by atoms with Gasteiger partial charge in [0.25, 0.3) is 0 Å². The number of halogens is 1. The molecule has 1 aliphatic heterocycles. The van der Waals surface area contributed by atoms with Crippen molar-refractivity contribution in [3.8, 4) is 5.75 Å². The number of allylic oxidation sites excluding steroid dienone is 2. The number of aromatic nitrogens is 3. The first-order valence-corrected chi connectivity index (χ1v) is 13.4. The molecule has 1 unspecified atom stereocenters. The van der Waals surface area contributed by atoms with Crippen molar-refractivity contribution < 1.29 is 13.9 Å². The van der Waals surface area contributed by atoms with Gasteiger partial charge in [0.05, 0.1) is 6.61 Å². The highest BCUT2D eigenvalue weighted by atomic mass is 32.2. The highest BCUT2D eigenvalue weighted by molar-refractivity contribution is 7.98. The van der Waals surface area contributed by atoms with Crippen molar-refractivity contribution in [3.05, 3.63) is 76.7 Å². The molecule has 36 heavy (non-hydrogen) atoms. The second kappa shape index (κ2) is 10.1. The van der Waals surface area contributed by atoms with Crippen molar-refractivity contribution in [1.29, 1.82) is 0 Å². The van der Waals surface area contributed by atoms with Gasteiger partial charge < -0.3 is 10.1 Å². The Morgan fingerprint density at radius 3 is 2.69 bits per heavy atom. The van der Waals surface area contributed by atoms with E-state index >= 15 is 0 Å². The molecular weight excluding hydrogens is 475 g/mol. The van der Waals surface area contributed by atoms with Crippen LogP contribution < -0.4 is 10.1 Å². The van der Waals surface area contributed by atoms with Crippen molar-refractivity contribution in [3.63, 3.8) is 0 Å². The Bertz CT molecular complexity index is 1300. The number of hydrogen-bond acceptors (Lipinski definition) is 6. The molecule has 1 N–H and O–H groups in total. The summed E-state index contributed by atoms with van der Waals surface area (Å²) < 4.78 is 21.8. The fraction of sp³-hybridized carbons (Fsp3) is 0.393. The number of fused-ring (bicyclic) bond motifs is 1. The molecule has 6 nitrogen and oxygen atoms in total. The smallest absolute Gasteiger partial charge is 0.227 e. The molecule has 5 rings (SSSR count). The van der Waals surface area contributed by atoms with Crippen LogP contribution in [0.15, 0.2) is 65.0 Å². The minimum Gasteiger partial charge on any atom is -0.494 e. The molecule has 1 aromatic heterocycles. The predicted octanol–water partition coefficient (Wildman–Crippen LogP) is 6.55. The number of hydrogen-bond donors (Lipinski definition) is 1. The van der Waals surface area contributed by atoms with Gasteiger partial charge in [-0.25, -0.2) is 9.07 Å². The third-order valence-electron chi connectivity index (χ3n) is 6.59. The minimum atomic E-state index is -0.375. The summed E-state index contributed by atoms with van der Waals surface area (Å²) in [6.45, 7) is 7.05. The van der Waals surface area contributed by atoms with Crippen molar-refractivity contribution >= 4 is 23.5 Å². The molecule has 2 aliphatic rings. The molecular formula is C28H31FN4O2S. The standard InChI is InChI=1S/C28H31FN4O2S/c1-4-5-14-35-20-12-10-18(11-13-20)25-24-22(15-28(2,3)16-23(24)34)30-26-31-27(32-33(25)26)36-17-19-8-6-7-9-21(19)29/h6-13,25H,4-5,14-17H2,1-3H3,(H,30,31,32). The number of rotatable bonds is 8. The fourth-order valence-electron chi connectivity index (χ4n) is 4.80. The topological polar surface area (TPSA) is 69.0 Å². The van der Waals surface area contributed by atoms with E-state index in [4.69, 9.17) is 14.8 Å². The van der Waals surface area contributed by atoms with E-state index in [1.165, 1.54) is 17.8 Å². The first kappa shape index (κ1) is 24.6. The number of benzene rings is 2. The number of ketones is 1. The van der Waals surface area contributed by atoms with Crippen LogP contribution >= 0.6 is 11.8 Å². The number of ether oxygens (including phenoxy) is 1. The molecule has 0 amide bonds. The van der Waals surface area contributed by atoms with Crippen LogP contribution in [-0.4, -0.2) is 27.2 Å². The summed E-state index contributed by atoms with van der Waals surface area (Å²) in [7, 11) is 0.